The molecule has 0 aliphatic carbocycles. The molecule has 2 aromatic rings. The van der Waals surface area contributed by atoms with Crippen LogP contribution in [0, 0.1) is 0 Å². The summed E-state index contributed by atoms with van der Waals surface area (Å²) in [5, 5.41) is 2.62. The molecule has 0 aliphatic heterocycles. The summed E-state index contributed by atoms with van der Waals surface area (Å²) < 4.78 is 40.3. The van der Waals surface area contributed by atoms with Gasteiger partial charge in [-0.25, -0.2) is 15.0 Å². The fraction of sp³-hybridized carbons (Fsp3) is 0.462. The van der Waals surface area contributed by atoms with Crippen molar-refractivity contribution in [3.05, 3.63) is 35.8 Å². The Kier molecular flexibility index (Phi) is 4.44. The number of anilines is 1. The van der Waals surface area contributed by atoms with Gasteiger partial charge in [0.25, 0.3) is 0 Å². The van der Waals surface area contributed by atoms with Gasteiger partial charge in [0.05, 0.1) is 5.69 Å². The van der Waals surface area contributed by atoms with E-state index in [-0.39, 0.29) is 17.9 Å². The Balaban J connectivity index is 2.33. The molecule has 0 saturated carbocycles. The average molecular weight is 299 g/mol. The minimum atomic E-state index is -4.57. The molecular weight excluding hydrogens is 283 g/mol. The second-order valence-electron chi connectivity index (χ2n) is 4.53. The van der Waals surface area contributed by atoms with Crippen molar-refractivity contribution in [3.8, 4) is 0 Å². The Labute approximate surface area is 120 Å². The first-order chi connectivity index (χ1) is 9.94. The highest BCUT2D eigenvalue weighted by atomic mass is 19.4. The number of nitrogens with zero attached hydrogens (tertiary/aromatic N) is 4. The molecule has 0 fully saturated rings. The van der Waals surface area contributed by atoms with Crippen molar-refractivity contribution in [1.82, 2.24) is 19.5 Å². The van der Waals surface area contributed by atoms with Crippen molar-refractivity contribution in [2.45, 2.75) is 32.5 Å². The minimum Gasteiger partial charge on any atom is -0.373 e. The van der Waals surface area contributed by atoms with Crippen molar-refractivity contribution < 1.29 is 13.2 Å². The highest BCUT2D eigenvalue weighted by Gasteiger charge is 2.35. The Morgan fingerprint density at radius 1 is 1.29 bits per heavy atom. The lowest BCUT2D eigenvalue weighted by Crippen LogP contribution is -2.15. The smallest absolute Gasteiger partial charge is 0.373 e. The molecule has 0 aliphatic rings. The van der Waals surface area contributed by atoms with E-state index in [2.05, 4.69) is 20.3 Å². The number of hydrogen-bond acceptors (Lipinski definition) is 4. The molecule has 0 spiro atoms. The molecule has 8 heteroatoms. The average Bonchev–Trinajstić information content (AvgIpc) is 2.85. The van der Waals surface area contributed by atoms with Crippen molar-refractivity contribution in [2.24, 2.45) is 0 Å². The van der Waals surface area contributed by atoms with Crippen LogP contribution >= 0.6 is 0 Å². The number of halogens is 3. The van der Waals surface area contributed by atoms with Gasteiger partial charge in [-0.15, -0.1) is 0 Å². The third-order valence-corrected chi connectivity index (χ3v) is 2.89. The van der Waals surface area contributed by atoms with Crippen LogP contribution in [0.15, 0.2) is 18.5 Å². The number of aromatic nitrogens is 4. The number of nitrogens with one attached hydrogen (secondary N) is 1. The first-order valence-corrected chi connectivity index (χ1v) is 6.57. The molecule has 5 nitrogen and oxygen atoms in total. The van der Waals surface area contributed by atoms with Gasteiger partial charge >= 0.3 is 6.18 Å². The standard InChI is InChI=1S/C13H16F3N5/c1-3-5-21-6-4-18-11(21)8-9-7-10(17-2)20-12(19-9)13(14,15)16/h4,6-7H,3,5,8H2,1-2H3,(H,17,19,20). The van der Waals surface area contributed by atoms with Gasteiger partial charge in [-0.1, -0.05) is 6.92 Å². The second kappa shape index (κ2) is 6.11. The maximum Gasteiger partial charge on any atom is 0.451 e. The number of aryl methyl sites for hydroxylation is 1. The minimum absolute atomic E-state index is 0.140. The van der Waals surface area contributed by atoms with E-state index in [1.54, 1.807) is 6.20 Å². The summed E-state index contributed by atoms with van der Waals surface area (Å²) in [4.78, 5) is 11.2. The first-order valence-electron chi connectivity index (χ1n) is 6.57. The van der Waals surface area contributed by atoms with E-state index >= 15 is 0 Å². The van der Waals surface area contributed by atoms with Crippen LogP contribution in [0.25, 0.3) is 0 Å². The van der Waals surface area contributed by atoms with Crippen LogP contribution < -0.4 is 5.32 Å². The molecule has 0 unspecified atom stereocenters. The van der Waals surface area contributed by atoms with Gasteiger partial charge in [-0.3, -0.25) is 0 Å². The third-order valence-electron chi connectivity index (χ3n) is 2.89. The molecule has 114 valence electrons. The molecule has 0 amide bonds. The van der Waals surface area contributed by atoms with Crippen LogP contribution in [0.2, 0.25) is 0 Å². The lowest BCUT2D eigenvalue weighted by molar-refractivity contribution is -0.145. The fourth-order valence-electron chi connectivity index (χ4n) is 1.96. The zero-order valence-electron chi connectivity index (χ0n) is 11.8. The number of alkyl halides is 3. The summed E-state index contributed by atoms with van der Waals surface area (Å²) in [6.45, 7) is 2.79. The van der Waals surface area contributed by atoms with Crippen LogP contribution in [0.5, 0.6) is 0 Å². The summed E-state index contributed by atoms with van der Waals surface area (Å²) in [7, 11) is 1.52. The normalized spacial score (nSPS) is 11.7. The molecule has 1 N–H and O–H groups in total. The first kappa shape index (κ1) is 15.3. The van der Waals surface area contributed by atoms with Gasteiger partial charge in [-0.05, 0) is 6.42 Å². The molecule has 2 heterocycles. The highest BCUT2D eigenvalue weighted by Crippen LogP contribution is 2.27. The predicted molar refractivity (Wildman–Crippen MR) is 71.9 cm³/mol. The summed E-state index contributed by atoms with van der Waals surface area (Å²) in [5.41, 5.74) is 0.283. The van der Waals surface area contributed by atoms with E-state index in [1.165, 1.54) is 13.1 Å². The highest BCUT2D eigenvalue weighted by molar-refractivity contribution is 5.36. The van der Waals surface area contributed by atoms with Crippen LogP contribution in [0.1, 0.15) is 30.7 Å². The van der Waals surface area contributed by atoms with E-state index in [9.17, 15) is 13.2 Å². The van der Waals surface area contributed by atoms with Crippen molar-refractivity contribution >= 4 is 5.82 Å². The molecule has 0 aromatic carbocycles. The zero-order valence-corrected chi connectivity index (χ0v) is 11.8. The predicted octanol–water partition coefficient (Wildman–Crippen LogP) is 2.73. The van der Waals surface area contributed by atoms with E-state index in [4.69, 9.17) is 0 Å². The topological polar surface area (TPSA) is 55.6 Å². The third kappa shape index (κ3) is 3.71. The van der Waals surface area contributed by atoms with Gasteiger partial charge in [0.1, 0.15) is 11.6 Å². The molecule has 21 heavy (non-hydrogen) atoms. The van der Waals surface area contributed by atoms with Crippen LogP contribution in [-0.4, -0.2) is 26.6 Å². The molecule has 0 radical (unpaired) electrons. The van der Waals surface area contributed by atoms with Crippen molar-refractivity contribution in [1.29, 1.82) is 0 Å². The number of imidazole rings is 1. The lowest BCUT2D eigenvalue weighted by Gasteiger charge is -2.10. The second-order valence-corrected chi connectivity index (χ2v) is 4.53. The fourth-order valence-corrected chi connectivity index (χ4v) is 1.96. The number of hydrogen-bond donors (Lipinski definition) is 1. The Morgan fingerprint density at radius 2 is 2.05 bits per heavy atom. The van der Waals surface area contributed by atoms with Crippen LogP contribution in [0.3, 0.4) is 0 Å². The SMILES string of the molecule is CCCn1ccnc1Cc1cc(NC)nc(C(F)(F)F)n1. The molecule has 2 rings (SSSR count). The maximum atomic E-state index is 12.8. The van der Waals surface area contributed by atoms with E-state index in [0.29, 0.717) is 5.82 Å². The summed E-state index contributed by atoms with van der Waals surface area (Å²) in [6, 6.07) is 1.50. The van der Waals surface area contributed by atoms with Crippen LogP contribution in [0.4, 0.5) is 19.0 Å². The molecular formula is C13H16F3N5. The van der Waals surface area contributed by atoms with Crippen molar-refractivity contribution in [2.75, 3.05) is 12.4 Å². The zero-order chi connectivity index (χ0) is 15.5. The van der Waals surface area contributed by atoms with Crippen LogP contribution in [-0.2, 0) is 19.1 Å². The Bertz CT molecular complexity index is 606. The van der Waals surface area contributed by atoms with Gasteiger partial charge in [-0.2, -0.15) is 13.2 Å². The maximum absolute atomic E-state index is 12.8. The summed E-state index contributed by atoms with van der Waals surface area (Å²) in [6.07, 6.45) is 0.0238. The van der Waals surface area contributed by atoms with E-state index in [1.807, 2.05) is 17.7 Å². The van der Waals surface area contributed by atoms with Gasteiger partial charge in [0.15, 0.2) is 0 Å². The summed E-state index contributed by atoms with van der Waals surface area (Å²) in [5.74, 6) is -0.315. The van der Waals surface area contributed by atoms with Crippen molar-refractivity contribution in [3.63, 3.8) is 0 Å². The monoisotopic (exact) mass is 299 g/mol. The van der Waals surface area contributed by atoms with Gasteiger partial charge < -0.3 is 9.88 Å². The van der Waals surface area contributed by atoms with Gasteiger partial charge in [0.2, 0.25) is 5.82 Å². The van der Waals surface area contributed by atoms with E-state index < -0.39 is 12.0 Å². The Morgan fingerprint density at radius 3 is 2.67 bits per heavy atom. The summed E-state index contributed by atoms with van der Waals surface area (Å²) >= 11 is 0. The number of rotatable bonds is 5. The molecule has 0 saturated heterocycles. The largest absolute Gasteiger partial charge is 0.451 e. The quantitative estimate of drug-likeness (QED) is 0.922. The molecule has 0 bridgehead atoms. The van der Waals surface area contributed by atoms with E-state index in [0.717, 1.165) is 13.0 Å². The lowest BCUT2D eigenvalue weighted by atomic mass is 10.2. The Hall–Kier alpha value is -2.12. The van der Waals surface area contributed by atoms with Gasteiger partial charge in [0, 0.05) is 38.5 Å². The molecule has 0 atom stereocenters. The molecule has 2 aromatic heterocycles.